The summed E-state index contributed by atoms with van der Waals surface area (Å²) in [6.07, 6.45) is -0.520. The summed E-state index contributed by atoms with van der Waals surface area (Å²) in [5.74, 6) is 0.608. The van der Waals surface area contributed by atoms with E-state index < -0.39 is 6.10 Å². The summed E-state index contributed by atoms with van der Waals surface area (Å²) in [5.41, 5.74) is 2.99. The second kappa shape index (κ2) is 9.83. The van der Waals surface area contributed by atoms with E-state index in [0.717, 1.165) is 21.5 Å². The lowest BCUT2D eigenvalue weighted by molar-refractivity contribution is -0.0140. The summed E-state index contributed by atoms with van der Waals surface area (Å²) in [4.78, 5) is 23.5. The number of aryl methyl sites for hydroxylation is 1. The van der Waals surface area contributed by atoms with Crippen LogP contribution >= 0.6 is 11.3 Å². The van der Waals surface area contributed by atoms with Crippen molar-refractivity contribution in [1.82, 2.24) is 14.9 Å². The molecule has 2 N–H and O–H groups in total. The van der Waals surface area contributed by atoms with Crippen LogP contribution in [-0.2, 0) is 11.3 Å². The molecule has 0 aliphatic rings. The highest BCUT2D eigenvalue weighted by Gasteiger charge is 2.19. The quantitative estimate of drug-likeness (QED) is 0.538. The van der Waals surface area contributed by atoms with Crippen molar-refractivity contribution < 1.29 is 9.84 Å². The van der Waals surface area contributed by atoms with Gasteiger partial charge in [0.05, 0.1) is 30.7 Å². The fourth-order valence-electron chi connectivity index (χ4n) is 3.42. The van der Waals surface area contributed by atoms with Crippen molar-refractivity contribution in [1.29, 1.82) is 0 Å². The Morgan fingerprint density at radius 2 is 1.93 bits per heavy atom. The summed E-state index contributed by atoms with van der Waals surface area (Å²) >= 11 is 1.49. The van der Waals surface area contributed by atoms with Crippen LogP contribution in [0.5, 0.6) is 0 Å². The second-order valence-electron chi connectivity index (χ2n) is 8.22. The number of ether oxygens (including phenoxy) is 1. The molecule has 0 radical (unpaired) electrons. The standard InChI is InChI=1S/C23H31N3O3S/c1-14(2)26(10-17(27)12-29-15(3)4)11-20-24-22(28)21-19(13-30-23(21)25-20)18-9-7-6-8-16(18)5/h6-9,13-15,17,27H,10-12H2,1-5H3,(H,24,25,28). The summed E-state index contributed by atoms with van der Waals surface area (Å²) in [5, 5.41) is 13.0. The number of aliphatic hydroxyl groups excluding tert-OH is 1. The molecule has 0 aliphatic carbocycles. The summed E-state index contributed by atoms with van der Waals surface area (Å²) in [6.45, 7) is 11.3. The van der Waals surface area contributed by atoms with E-state index in [1.165, 1.54) is 11.3 Å². The van der Waals surface area contributed by atoms with Crippen LogP contribution in [0.3, 0.4) is 0 Å². The topological polar surface area (TPSA) is 78.5 Å². The molecule has 0 amide bonds. The van der Waals surface area contributed by atoms with Crippen molar-refractivity contribution in [2.45, 2.75) is 59.4 Å². The lowest BCUT2D eigenvalue weighted by Gasteiger charge is -2.28. The molecule has 3 rings (SSSR count). The molecule has 0 spiro atoms. The molecule has 0 bridgehead atoms. The van der Waals surface area contributed by atoms with Crippen LogP contribution in [0.1, 0.15) is 39.1 Å². The van der Waals surface area contributed by atoms with Gasteiger partial charge in [-0.1, -0.05) is 24.3 Å². The van der Waals surface area contributed by atoms with Crippen molar-refractivity contribution >= 4 is 21.6 Å². The van der Waals surface area contributed by atoms with E-state index in [-0.39, 0.29) is 24.3 Å². The van der Waals surface area contributed by atoms with Crippen LogP contribution in [-0.4, -0.2) is 51.4 Å². The fraction of sp³-hybridized carbons (Fsp3) is 0.478. The third kappa shape index (κ3) is 5.35. The first-order chi connectivity index (χ1) is 14.3. The highest BCUT2D eigenvalue weighted by atomic mass is 32.1. The molecule has 2 heterocycles. The SMILES string of the molecule is Cc1ccccc1-c1csc2nc(CN(CC(O)COC(C)C)C(C)C)[nH]c(=O)c12. The third-order valence-corrected chi connectivity index (χ3v) is 5.95. The number of fused-ring (bicyclic) bond motifs is 1. The summed E-state index contributed by atoms with van der Waals surface area (Å²) < 4.78 is 5.52. The van der Waals surface area contributed by atoms with Gasteiger partial charge < -0.3 is 14.8 Å². The van der Waals surface area contributed by atoms with Crippen LogP contribution in [0, 0.1) is 6.92 Å². The molecule has 1 atom stereocenters. The Morgan fingerprint density at radius 1 is 1.20 bits per heavy atom. The molecule has 162 valence electrons. The molecule has 6 nitrogen and oxygen atoms in total. The van der Waals surface area contributed by atoms with Gasteiger partial charge in [0, 0.05) is 23.5 Å². The lowest BCUT2D eigenvalue weighted by atomic mass is 10.0. The van der Waals surface area contributed by atoms with Gasteiger partial charge in [-0.25, -0.2) is 4.98 Å². The molecule has 0 saturated carbocycles. The molecule has 0 fully saturated rings. The van der Waals surface area contributed by atoms with Gasteiger partial charge >= 0.3 is 0 Å². The molecular formula is C23H31N3O3S. The van der Waals surface area contributed by atoms with E-state index in [4.69, 9.17) is 9.72 Å². The van der Waals surface area contributed by atoms with Gasteiger partial charge in [-0.3, -0.25) is 9.69 Å². The first-order valence-corrected chi connectivity index (χ1v) is 11.2. The molecule has 2 aromatic heterocycles. The molecule has 0 aliphatic heterocycles. The number of H-pyrrole nitrogens is 1. The van der Waals surface area contributed by atoms with Gasteiger partial charge in [-0.05, 0) is 45.7 Å². The molecule has 1 unspecified atom stereocenters. The maximum Gasteiger partial charge on any atom is 0.260 e. The molecule has 0 saturated heterocycles. The Kier molecular flexibility index (Phi) is 7.41. The van der Waals surface area contributed by atoms with Gasteiger partial charge in [-0.15, -0.1) is 11.3 Å². The highest BCUT2D eigenvalue weighted by molar-refractivity contribution is 7.17. The van der Waals surface area contributed by atoms with Crippen LogP contribution in [0.25, 0.3) is 21.3 Å². The average Bonchev–Trinajstić information content (AvgIpc) is 3.10. The first-order valence-electron chi connectivity index (χ1n) is 10.4. The largest absolute Gasteiger partial charge is 0.389 e. The van der Waals surface area contributed by atoms with Crippen LogP contribution in [0.4, 0.5) is 0 Å². The van der Waals surface area contributed by atoms with Crippen molar-refractivity contribution in [3.05, 3.63) is 51.4 Å². The number of benzene rings is 1. The number of nitrogens with zero attached hydrogens (tertiary/aromatic N) is 2. The number of aromatic amines is 1. The molecule has 7 heteroatoms. The minimum atomic E-state index is -0.598. The Balaban J connectivity index is 1.84. The van der Waals surface area contributed by atoms with Crippen molar-refractivity contribution in [2.24, 2.45) is 0 Å². The number of nitrogens with one attached hydrogen (secondary N) is 1. The number of hydrogen-bond donors (Lipinski definition) is 2. The smallest absolute Gasteiger partial charge is 0.260 e. The second-order valence-corrected chi connectivity index (χ2v) is 9.07. The van der Waals surface area contributed by atoms with Crippen molar-refractivity contribution in [2.75, 3.05) is 13.2 Å². The van der Waals surface area contributed by atoms with Crippen molar-refractivity contribution in [3.8, 4) is 11.1 Å². The molecule has 3 aromatic rings. The number of hydrogen-bond acceptors (Lipinski definition) is 6. The van der Waals surface area contributed by atoms with Crippen molar-refractivity contribution in [3.63, 3.8) is 0 Å². The van der Waals surface area contributed by atoms with Gasteiger partial charge in [-0.2, -0.15) is 0 Å². The maximum atomic E-state index is 12.9. The van der Waals surface area contributed by atoms with E-state index in [1.807, 2.05) is 50.4 Å². The van der Waals surface area contributed by atoms with Gasteiger partial charge in [0.15, 0.2) is 0 Å². The van der Waals surface area contributed by atoms with E-state index in [0.29, 0.717) is 24.3 Å². The Labute approximate surface area is 181 Å². The van der Waals surface area contributed by atoms with Crippen LogP contribution in [0.2, 0.25) is 0 Å². The third-order valence-electron chi connectivity index (χ3n) is 5.08. The Bertz CT molecular complexity index is 1040. The minimum Gasteiger partial charge on any atom is -0.389 e. The van der Waals surface area contributed by atoms with Crippen LogP contribution < -0.4 is 5.56 Å². The zero-order valence-corrected chi connectivity index (χ0v) is 19.1. The zero-order chi connectivity index (χ0) is 21.8. The molecular weight excluding hydrogens is 398 g/mol. The van der Waals surface area contributed by atoms with Crippen LogP contribution in [0.15, 0.2) is 34.4 Å². The molecule has 30 heavy (non-hydrogen) atoms. The monoisotopic (exact) mass is 429 g/mol. The van der Waals surface area contributed by atoms with E-state index >= 15 is 0 Å². The highest BCUT2D eigenvalue weighted by Crippen LogP contribution is 2.32. The average molecular weight is 430 g/mol. The summed E-state index contributed by atoms with van der Waals surface area (Å²) in [7, 11) is 0. The maximum absolute atomic E-state index is 12.9. The normalized spacial score (nSPS) is 13.1. The number of rotatable bonds is 9. The predicted octanol–water partition coefficient (Wildman–Crippen LogP) is 3.96. The number of aliphatic hydroxyl groups is 1. The predicted molar refractivity (Wildman–Crippen MR) is 123 cm³/mol. The lowest BCUT2D eigenvalue weighted by Crippen LogP contribution is -2.39. The van der Waals surface area contributed by atoms with E-state index in [1.54, 1.807) is 0 Å². The minimum absolute atomic E-state index is 0.0776. The Morgan fingerprint density at radius 3 is 2.60 bits per heavy atom. The Hall–Kier alpha value is -2.06. The number of thiophene rings is 1. The number of aromatic nitrogens is 2. The zero-order valence-electron chi connectivity index (χ0n) is 18.3. The fourth-order valence-corrected chi connectivity index (χ4v) is 4.38. The van der Waals surface area contributed by atoms with E-state index in [9.17, 15) is 9.90 Å². The van der Waals surface area contributed by atoms with Gasteiger partial charge in [0.25, 0.3) is 5.56 Å². The molecule has 1 aromatic carbocycles. The van der Waals surface area contributed by atoms with Gasteiger partial charge in [0.1, 0.15) is 10.7 Å². The van der Waals surface area contributed by atoms with E-state index in [2.05, 4.69) is 23.7 Å². The summed E-state index contributed by atoms with van der Waals surface area (Å²) in [6, 6.07) is 8.24. The van der Waals surface area contributed by atoms with Gasteiger partial charge in [0.2, 0.25) is 0 Å². The first kappa shape index (κ1) is 22.6.